The second-order valence-corrected chi connectivity index (χ2v) is 5.81. The van der Waals surface area contributed by atoms with E-state index in [0.29, 0.717) is 38.4 Å². The third-order valence-electron chi connectivity index (χ3n) is 4.22. The van der Waals surface area contributed by atoms with Gasteiger partial charge in [0.05, 0.1) is 12.2 Å². The minimum absolute atomic E-state index is 0. The van der Waals surface area contributed by atoms with Crippen LogP contribution in [0.1, 0.15) is 0 Å². The monoisotopic (exact) mass is 476 g/mol. The van der Waals surface area contributed by atoms with Crippen molar-refractivity contribution in [3.05, 3.63) is 48.3 Å². The largest absolute Gasteiger partial charge is 0.366 e. The summed E-state index contributed by atoms with van der Waals surface area (Å²) in [7, 11) is 1.74. The molecule has 1 aliphatic rings. The highest BCUT2D eigenvalue weighted by Gasteiger charge is 2.21. The lowest BCUT2D eigenvalue weighted by Crippen LogP contribution is -2.53. The number of aliphatic imine (C=N–C) groups is 1. The first-order chi connectivity index (χ1) is 12.2. The van der Waals surface area contributed by atoms with Gasteiger partial charge in [0.15, 0.2) is 5.96 Å². The molecule has 1 aliphatic heterocycles. The summed E-state index contributed by atoms with van der Waals surface area (Å²) in [5, 5.41) is 7.48. The summed E-state index contributed by atoms with van der Waals surface area (Å²) in [5.41, 5.74) is 0.321. The zero-order valence-electron chi connectivity index (χ0n) is 14.6. The third kappa shape index (κ3) is 5.05. The molecule has 0 atom stereocenters. The average Bonchev–Trinajstić information content (AvgIpc) is 3.15. The lowest BCUT2D eigenvalue weighted by atomic mass is 10.2. The fourth-order valence-electron chi connectivity index (χ4n) is 2.93. The van der Waals surface area contributed by atoms with Crippen LogP contribution >= 0.6 is 24.0 Å². The van der Waals surface area contributed by atoms with Crippen LogP contribution in [-0.2, 0) is 6.54 Å². The minimum atomic E-state index is -0.421. The minimum Gasteiger partial charge on any atom is -0.366 e. The molecule has 0 aliphatic carbocycles. The molecule has 9 heteroatoms. The average molecular weight is 476 g/mol. The van der Waals surface area contributed by atoms with E-state index in [1.807, 2.05) is 21.8 Å². The summed E-state index contributed by atoms with van der Waals surface area (Å²) in [6, 6.07) is 5.45. The Labute approximate surface area is 168 Å². The van der Waals surface area contributed by atoms with Crippen LogP contribution in [0.15, 0.2) is 41.7 Å². The van der Waals surface area contributed by atoms with Crippen molar-refractivity contribution in [1.29, 1.82) is 0 Å². The van der Waals surface area contributed by atoms with Gasteiger partial charge in [-0.15, -0.1) is 24.0 Å². The number of rotatable bonds is 4. The maximum absolute atomic E-state index is 13.9. The van der Waals surface area contributed by atoms with Crippen molar-refractivity contribution in [2.24, 2.45) is 4.99 Å². The number of halogens is 3. The van der Waals surface area contributed by atoms with E-state index in [1.165, 1.54) is 12.1 Å². The van der Waals surface area contributed by atoms with Crippen molar-refractivity contribution in [1.82, 2.24) is 20.0 Å². The Kier molecular flexibility index (Phi) is 7.61. The third-order valence-corrected chi connectivity index (χ3v) is 4.22. The van der Waals surface area contributed by atoms with Crippen LogP contribution in [0.5, 0.6) is 0 Å². The molecule has 0 radical (unpaired) electrons. The van der Waals surface area contributed by atoms with E-state index < -0.39 is 11.6 Å². The summed E-state index contributed by atoms with van der Waals surface area (Å²) < 4.78 is 29.1. The van der Waals surface area contributed by atoms with Crippen molar-refractivity contribution in [3.8, 4) is 0 Å². The van der Waals surface area contributed by atoms with Crippen molar-refractivity contribution in [2.75, 3.05) is 44.7 Å². The fraction of sp³-hybridized carbons (Fsp3) is 0.412. The van der Waals surface area contributed by atoms with Crippen LogP contribution in [0.25, 0.3) is 0 Å². The van der Waals surface area contributed by atoms with E-state index in [2.05, 4.69) is 20.3 Å². The van der Waals surface area contributed by atoms with Gasteiger partial charge in [0, 0.05) is 58.2 Å². The molecule has 0 saturated carbocycles. The van der Waals surface area contributed by atoms with E-state index in [-0.39, 0.29) is 24.0 Å². The Morgan fingerprint density at radius 2 is 2.00 bits per heavy atom. The summed E-state index contributed by atoms with van der Waals surface area (Å²) in [5.74, 6) is -0.00183. The van der Waals surface area contributed by atoms with Crippen LogP contribution < -0.4 is 10.2 Å². The van der Waals surface area contributed by atoms with Gasteiger partial charge in [-0.25, -0.2) is 8.78 Å². The fourth-order valence-corrected chi connectivity index (χ4v) is 2.93. The highest BCUT2D eigenvalue weighted by atomic mass is 127. The maximum Gasteiger partial charge on any atom is 0.193 e. The molecule has 2 heterocycles. The summed E-state index contributed by atoms with van der Waals surface area (Å²) in [6.07, 6.45) is 3.66. The highest BCUT2D eigenvalue weighted by Crippen LogP contribution is 2.21. The second kappa shape index (κ2) is 9.70. The van der Waals surface area contributed by atoms with E-state index in [4.69, 9.17) is 0 Å². The van der Waals surface area contributed by atoms with Crippen molar-refractivity contribution < 1.29 is 8.78 Å². The van der Waals surface area contributed by atoms with Gasteiger partial charge in [-0.2, -0.15) is 5.10 Å². The van der Waals surface area contributed by atoms with Gasteiger partial charge in [-0.05, 0) is 18.2 Å². The van der Waals surface area contributed by atoms with Crippen molar-refractivity contribution in [3.63, 3.8) is 0 Å². The first-order valence-corrected chi connectivity index (χ1v) is 8.30. The van der Waals surface area contributed by atoms with E-state index in [9.17, 15) is 8.78 Å². The second-order valence-electron chi connectivity index (χ2n) is 5.81. The Bertz CT molecular complexity index is 714. The maximum atomic E-state index is 13.9. The number of hydrogen-bond acceptors (Lipinski definition) is 3. The molecule has 1 aromatic heterocycles. The zero-order chi connectivity index (χ0) is 17.6. The molecular formula is C17H23F2IN6. The lowest BCUT2D eigenvalue weighted by molar-refractivity contribution is 0.369. The van der Waals surface area contributed by atoms with Gasteiger partial charge in [-0.1, -0.05) is 0 Å². The number of guanidine groups is 1. The van der Waals surface area contributed by atoms with Crippen LogP contribution in [0, 0.1) is 11.6 Å². The summed E-state index contributed by atoms with van der Waals surface area (Å²) >= 11 is 0. The standard InChI is InChI=1S/C17H22F2N6.HI/c1-20-17(21-6-8-25-7-2-5-22-25)24-11-9-23(10-12-24)16-13-14(18)3-4-15(16)19;/h2-5,7,13H,6,8-12H2,1H3,(H,20,21);1H. The number of anilines is 1. The summed E-state index contributed by atoms with van der Waals surface area (Å²) in [6.45, 7) is 4.07. The van der Waals surface area contributed by atoms with Crippen molar-refractivity contribution in [2.45, 2.75) is 6.54 Å². The molecule has 142 valence electrons. The first-order valence-electron chi connectivity index (χ1n) is 8.30. The molecule has 1 fully saturated rings. The Morgan fingerprint density at radius 3 is 2.65 bits per heavy atom. The lowest BCUT2D eigenvalue weighted by Gasteiger charge is -2.37. The normalized spacial score (nSPS) is 15.0. The van der Waals surface area contributed by atoms with Gasteiger partial charge >= 0.3 is 0 Å². The molecule has 1 aromatic carbocycles. The van der Waals surface area contributed by atoms with E-state index in [0.717, 1.165) is 18.6 Å². The van der Waals surface area contributed by atoms with Gasteiger partial charge in [0.2, 0.25) is 0 Å². The molecule has 0 amide bonds. The van der Waals surface area contributed by atoms with Gasteiger partial charge in [0.25, 0.3) is 0 Å². The first kappa shape index (κ1) is 20.4. The Hall–Kier alpha value is -1.91. The van der Waals surface area contributed by atoms with Crippen molar-refractivity contribution >= 4 is 35.6 Å². The Morgan fingerprint density at radius 1 is 1.23 bits per heavy atom. The van der Waals surface area contributed by atoms with E-state index >= 15 is 0 Å². The van der Waals surface area contributed by atoms with Crippen LogP contribution in [0.3, 0.4) is 0 Å². The number of piperazine rings is 1. The van der Waals surface area contributed by atoms with Gasteiger partial charge in [-0.3, -0.25) is 9.67 Å². The predicted octanol–water partition coefficient (Wildman–Crippen LogP) is 2.18. The Balaban J connectivity index is 0.00000243. The predicted molar refractivity (Wildman–Crippen MR) is 109 cm³/mol. The van der Waals surface area contributed by atoms with Gasteiger partial charge in [0.1, 0.15) is 11.6 Å². The van der Waals surface area contributed by atoms with Crippen LogP contribution in [-0.4, -0.2) is 60.4 Å². The molecule has 6 nitrogen and oxygen atoms in total. The van der Waals surface area contributed by atoms with E-state index in [1.54, 1.807) is 13.2 Å². The smallest absolute Gasteiger partial charge is 0.193 e. The number of nitrogens with zero attached hydrogens (tertiary/aromatic N) is 5. The highest BCUT2D eigenvalue weighted by molar-refractivity contribution is 14.0. The topological polar surface area (TPSA) is 48.7 Å². The SMILES string of the molecule is CN=C(NCCn1cccn1)N1CCN(c2cc(F)ccc2F)CC1.I. The molecule has 26 heavy (non-hydrogen) atoms. The molecule has 1 saturated heterocycles. The molecule has 0 spiro atoms. The van der Waals surface area contributed by atoms with Crippen LogP contribution in [0.2, 0.25) is 0 Å². The number of aromatic nitrogens is 2. The molecule has 3 rings (SSSR count). The summed E-state index contributed by atoms with van der Waals surface area (Å²) in [4.78, 5) is 8.30. The molecular weight excluding hydrogens is 453 g/mol. The van der Waals surface area contributed by atoms with Crippen LogP contribution in [0.4, 0.5) is 14.5 Å². The molecule has 2 aromatic rings. The number of benzene rings is 1. The molecule has 1 N–H and O–H groups in total. The quantitative estimate of drug-likeness (QED) is 0.418. The van der Waals surface area contributed by atoms with Gasteiger partial charge < -0.3 is 15.1 Å². The molecule has 0 bridgehead atoms. The zero-order valence-corrected chi connectivity index (χ0v) is 16.9. The number of nitrogens with one attached hydrogen (secondary N) is 1. The molecule has 0 unspecified atom stereocenters. The number of hydrogen-bond donors (Lipinski definition) is 1.